The molecule has 0 bridgehead atoms. The van der Waals surface area contributed by atoms with Crippen molar-refractivity contribution in [2.75, 3.05) is 19.0 Å². The van der Waals surface area contributed by atoms with Crippen molar-refractivity contribution in [3.8, 4) is 0 Å². The third-order valence-electron chi connectivity index (χ3n) is 4.27. The van der Waals surface area contributed by atoms with E-state index in [-0.39, 0.29) is 5.97 Å². The molecule has 1 aliphatic rings. The van der Waals surface area contributed by atoms with Crippen molar-refractivity contribution >= 4 is 11.7 Å². The molecule has 1 aromatic carbocycles. The Morgan fingerprint density at radius 2 is 2.27 bits per heavy atom. The van der Waals surface area contributed by atoms with Gasteiger partial charge in [0.25, 0.3) is 0 Å². The number of ether oxygens (including phenoxy) is 1. The van der Waals surface area contributed by atoms with Crippen molar-refractivity contribution < 1.29 is 9.53 Å². The lowest BCUT2D eigenvalue weighted by Crippen LogP contribution is -2.14. The highest BCUT2D eigenvalue weighted by Gasteiger charge is 2.22. The molecule has 0 aliphatic heterocycles. The maximum atomic E-state index is 11.8. The van der Waals surface area contributed by atoms with E-state index in [9.17, 15) is 4.79 Å². The van der Waals surface area contributed by atoms with Crippen LogP contribution in [0.15, 0.2) is 36.7 Å². The average molecular weight is 296 g/mol. The number of esters is 1. The van der Waals surface area contributed by atoms with Crippen LogP contribution in [0.25, 0.3) is 0 Å². The first-order chi connectivity index (χ1) is 10.7. The van der Waals surface area contributed by atoms with E-state index in [4.69, 9.17) is 4.74 Å². The number of pyridine rings is 1. The minimum absolute atomic E-state index is 0.340. The van der Waals surface area contributed by atoms with Crippen LogP contribution >= 0.6 is 0 Å². The van der Waals surface area contributed by atoms with E-state index >= 15 is 0 Å². The molecule has 0 fully saturated rings. The molecule has 4 nitrogen and oxygen atoms in total. The molecule has 1 atom stereocenters. The van der Waals surface area contributed by atoms with Gasteiger partial charge in [-0.1, -0.05) is 23.8 Å². The lowest BCUT2D eigenvalue weighted by Gasteiger charge is -2.15. The molecular weight excluding hydrogens is 276 g/mol. The Balaban J connectivity index is 1.74. The number of aromatic nitrogens is 1. The summed E-state index contributed by atoms with van der Waals surface area (Å²) in [6.07, 6.45) is 5.54. The topological polar surface area (TPSA) is 51.2 Å². The van der Waals surface area contributed by atoms with Crippen LogP contribution in [0.2, 0.25) is 0 Å². The number of nitrogens with one attached hydrogen (secondary N) is 1. The normalized spacial score (nSPS) is 16.2. The second-order valence-corrected chi connectivity index (χ2v) is 5.73. The molecule has 0 amide bonds. The van der Waals surface area contributed by atoms with E-state index in [0.29, 0.717) is 11.5 Å². The summed E-state index contributed by atoms with van der Waals surface area (Å²) in [6, 6.07) is 8.36. The average Bonchev–Trinajstić information content (AvgIpc) is 2.94. The highest BCUT2D eigenvalue weighted by Crippen LogP contribution is 2.33. The summed E-state index contributed by atoms with van der Waals surface area (Å²) in [6.45, 7) is 2.93. The third kappa shape index (κ3) is 2.82. The van der Waals surface area contributed by atoms with Crippen molar-refractivity contribution in [1.82, 2.24) is 4.98 Å². The summed E-state index contributed by atoms with van der Waals surface area (Å²) >= 11 is 0. The summed E-state index contributed by atoms with van der Waals surface area (Å²) < 4.78 is 4.81. The molecule has 1 N–H and O–H groups in total. The fourth-order valence-corrected chi connectivity index (χ4v) is 3.10. The van der Waals surface area contributed by atoms with Crippen LogP contribution in [0.1, 0.15) is 39.4 Å². The highest BCUT2D eigenvalue weighted by molar-refractivity contribution is 5.95. The van der Waals surface area contributed by atoms with Gasteiger partial charge in [-0.05, 0) is 37.0 Å². The number of carbonyl (C=O) groups is 1. The minimum atomic E-state index is -0.340. The summed E-state index contributed by atoms with van der Waals surface area (Å²) in [7, 11) is 1.39. The first kappa shape index (κ1) is 14.6. The van der Waals surface area contributed by atoms with Gasteiger partial charge in [-0.25, -0.2) is 4.79 Å². The van der Waals surface area contributed by atoms with E-state index in [1.54, 1.807) is 18.5 Å². The van der Waals surface area contributed by atoms with E-state index in [1.807, 2.05) is 0 Å². The standard InChI is InChI=1S/C18H20N2O2/c1-12-3-6-15-13(9-12)4-5-14(15)10-20-17-11-19-8-7-16(17)18(21)22-2/h3,6-9,11,14,20H,4-5,10H2,1-2H3/t14-/m0/s1. The smallest absolute Gasteiger partial charge is 0.340 e. The summed E-state index contributed by atoms with van der Waals surface area (Å²) in [5.74, 6) is 0.133. The number of hydrogen-bond donors (Lipinski definition) is 1. The zero-order chi connectivity index (χ0) is 15.5. The Kier molecular flexibility index (Phi) is 4.09. The number of aryl methyl sites for hydroxylation is 2. The first-order valence-electron chi connectivity index (χ1n) is 7.54. The second-order valence-electron chi connectivity index (χ2n) is 5.73. The maximum absolute atomic E-state index is 11.8. The summed E-state index contributed by atoms with van der Waals surface area (Å²) in [5.41, 5.74) is 5.44. The number of hydrogen-bond acceptors (Lipinski definition) is 4. The predicted octanol–water partition coefficient (Wildman–Crippen LogP) is 3.32. The van der Waals surface area contributed by atoms with Gasteiger partial charge < -0.3 is 10.1 Å². The molecule has 0 spiro atoms. The van der Waals surface area contributed by atoms with Crippen LogP contribution in [0.3, 0.4) is 0 Å². The number of carbonyl (C=O) groups excluding carboxylic acids is 1. The minimum Gasteiger partial charge on any atom is -0.465 e. The molecule has 114 valence electrons. The largest absolute Gasteiger partial charge is 0.465 e. The molecule has 0 saturated heterocycles. The lowest BCUT2D eigenvalue weighted by molar-refractivity contribution is 0.0601. The highest BCUT2D eigenvalue weighted by atomic mass is 16.5. The van der Waals surface area contributed by atoms with Crippen LogP contribution in [0.5, 0.6) is 0 Å². The number of nitrogens with zero attached hydrogens (tertiary/aromatic N) is 1. The number of fused-ring (bicyclic) bond motifs is 1. The predicted molar refractivity (Wildman–Crippen MR) is 86.3 cm³/mol. The van der Waals surface area contributed by atoms with E-state index in [0.717, 1.165) is 25.1 Å². The van der Waals surface area contributed by atoms with E-state index < -0.39 is 0 Å². The van der Waals surface area contributed by atoms with Gasteiger partial charge in [0.15, 0.2) is 0 Å². The maximum Gasteiger partial charge on any atom is 0.340 e. The molecule has 22 heavy (non-hydrogen) atoms. The Morgan fingerprint density at radius 3 is 3.09 bits per heavy atom. The van der Waals surface area contributed by atoms with E-state index in [2.05, 4.69) is 35.4 Å². The number of anilines is 1. The molecule has 1 aliphatic carbocycles. The second kappa shape index (κ2) is 6.18. The monoisotopic (exact) mass is 296 g/mol. The van der Waals surface area contributed by atoms with Crippen LogP contribution in [0, 0.1) is 6.92 Å². The van der Waals surface area contributed by atoms with Gasteiger partial charge in [0, 0.05) is 18.7 Å². The van der Waals surface area contributed by atoms with E-state index in [1.165, 1.54) is 23.8 Å². The number of benzene rings is 1. The molecule has 1 heterocycles. The zero-order valence-corrected chi connectivity index (χ0v) is 12.9. The molecule has 0 radical (unpaired) electrons. The fraction of sp³-hybridized carbons (Fsp3) is 0.333. The molecular formula is C18H20N2O2. The molecule has 0 unspecified atom stereocenters. The quantitative estimate of drug-likeness (QED) is 0.879. The van der Waals surface area contributed by atoms with Crippen LogP contribution in [-0.2, 0) is 11.2 Å². The van der Waals surface area contributed by atoms with Gasteiger partial charge in [0.05, 0.1) is 24.6 Å². The fourth-order valence-electron chi connectivity index (χ4n) is 3.10. The first-order valence-corrected chi connectivity index (χ1v) is 7.54. The van der Waals surface area contributed by atoms with Crippen molar-refractivity contribution in [3.05, 3.63) is 58.9 Å². The lowest BCUT2D eigenvalue weighted by atomic mass is 10.00. The summed E-state index contributed by atoms with van der Waals surface area (Å²) in [4.78, 5) is 15.9. The molecule has 1 aromatic heterocycles. The van der Waals surface area contributed by atoms with Crippen LogP contribution in [-0.4, -0.2) is 24.6 Å². The SMILES string of the molecule is COC(=O)c1ccncc1NC[C@@H]1CCc2cc(C)ccc21. The van der Waals surface area contributed by atoms with Crippen molar-refractivity contribution in [2.45, 2.75) is 25.7 Å². The van der Waals surface area contributed by atoms with Crippen molar-refractivity contribution in [3.63, 3.8) is 0 Å². The molecule has 4 heteroatoms. The zero-order valence-electron chi connectivity index (χ0n) is 12.9. The van der Waals surface area contributed by atoms with Gasteiger partial charge in [0.2, 0.25) is 0 Å². The van der Waals surface area contributed by atoms with Gasteiger partial charge in [0.1, 0.15) is 0 Å². The Bertz CT molecular complexity index is 697. The van der Waals surface area contributed by atoms with Crippen molar-refractivity contribution in [2.24, 2.45) is 0 Å². The number of methoxy groups -OCH3 is 1. The third-order valence-corrected chi connectivity index (χ3v) is 4.27. The van der Waals surface area contributed by atoms with Crippen LogP contribution < -0.4 is 5.32 Å². The van der Waals surface area contributed by atoms with Gasteiger partial charge in [-0.2, -0.15) is 0 Å². The molecule has 0 saturated carbocycles. The number of rotatable bonds is 4. The van der Waals surface area contributed by atoms with Crippen molar-refractivity contribution in [1.29, 1.82) is 0 Å². The molecule has 3 rings (SSSR count). The molecule has 2 aromatic rings. The van der Waals surface area contributed by atoms with Gasteiger partial charge in [-0.3, -0.25) is 4.98 Å². The Hall–Kier alpha value is -2.36. The summed E-state index contributed by atoms with van der Waals surface area (Å²) in [5, 5.41) is 3.36. The van der Waals surface area contributed by atoms with Gasteiger partial charge >= 0.3 is 5.97 Å². The van der Waals surface area contributed by atoms with Crippen LogP contribution in [0.4, 0.5) is 5.69 Å². The Labute approximate surface area is 130 Å². The Morgan fingerprint density at radius 1 is 1.41 bits per heavy atom. The van der Waals surface area contributed by atoms with Gasteiger partial charge in [-0.15, -0.1) is 0 Å².